The van der Waals surface area contributed by atoms with E-state index in [0.717, 1.165) is 57.8 Å². The lowest BCUT2D eigenvalue weighted by Gasteiger charge is -2.12. The molecule has 0 saturated heterocycles. The van der Waals surface area contributed by atoms with Crippen LogP contribution in [0, 0.1) is 0 Å². The molecule has 0 heterocycles. The van der Waals surface area contributed by atoms with Gasteiger partial charge in [-0.15, -0.1) is 19.7 Å². The molecule has 7 nitrogen and oxygen atoms in total. The van der Waals surface area contributed by atoms with Gasteiger partial charge in [0.25, 0.3) is 0 Å². The van der Waals surface area contributed by atoms with Crippen LogP contribution in [0.3, 0.4) is 0 Å². The van der Waals surface area contributed by atoms with Crippen molar-refractivity contribution < 1.29 is 33.3 Å². The number of benzene rings is 3. The van der Waals surface area contributed by atoms with Crippen LogP contribution in [-0.2, 0) is 0 Å². The Morgan fingerprint density at radius 2 is 0.844 bits per heavy atom. The number of rotatable bonds is 22. The average molecular weight is 613 g/mol. The molecule has 0 saturated carbocycles. The number of carbonyl (C=O) groups excluding carboxylic acids is 2. The normalized spacial score (nSPS) is 10.4. The van der Waals surface area contributed by atoms with Crippen LogP contribution in [0.4, 0.5) is 0 Å². The molecule has 0 radical (unpaired) electrons. The van der Waals surface area contributed by atoms with Crippen LogP contribution >= 0.6 is 0 Å². The topological polar surface area (TPSA) is 80.3 Å². The molecule has 0 spiro atoms. The number of allylic oxidation sites excluding steroid dienone is 3. The van der Waals surface area contributed by atoms with Gasteiger partial charge in [-0.25, -0.2) is 9.59 Å². The smallest absolute Gasteiger partial charge is 0.343 e. The maximum atomic E-state index is 13.1. The monoisotopic (exact) mass is 612 g/mol. The fourth-order valence-corrected chi connectivity index (χ4v) is 4.19. The van der Waals surface area contributed by atoms with Crippen LogP contribution < -0.4 is 23.7 Å². The second-order valence-electron chi connectivity index (χ2n) is 10.4. The molecule has 3 aromatic carbocycles. The van der Waals surface area contributed by atoms with Crippen molar-refractivity contribution in [3.8, 4) is 28.7 Å². The van der Waals surface area contributed by atoms with Crippen LogP contribution in [0.15, 0.2) is 105 Å². The molecule has 3 aromatic rings. The molecule has 0 fully saturated rings. The SMILES string of the molecule is C=CCCCCOc1ccc(C(=O)Oc2ccc(OC(=O)c3cc(OCCCCC=C)cc(OCCCCC=C)c3)cc2)cc1. The first kappa shape index (κ1) is 34.7. The molecular weight excluding hydrogens is 568 g/mol. The summed E-state index contributed by atoms with van der Waals surface area (Å²) in [5, 5.41) is 0. The lowest BCUT2D eigenvalue weighted by atomic mass is 10.2. The molecule has 0 N–H and O–H groups in total. The Hall–Kier alpha value is -4.78. The summed E-state index contributed by atoms with van der Waals surface area (Å²) >= 11 is 0. The Morgan fingerprint density at radius 3 is 1.27 bits per heavy atom. The van der Waals surface area contributed by atoms with Gasteiger partial charge in [-0.1, -0.05) is 18.2 Å². The predicted molar refractivity (Wildman–Crippen MR) is 178 cm³/mol. The maximum Gasteiger partial charge on any atom is 0.343 e. The van der Waals surface area contributed by atoms with Gasteiger partial charge in [-0.2, -0.15) is 0 Å². The summed E-state index contributed by atoms with van der Waals surface area (Å²) in [5.74, 6) is 1.33. The summed E-state index contributed by atoms with van der Waals surface area (Å²) < 4.78 is 28.6. The van der Waals surface area contributed by atoms with Crippen LogP contribution in [0.5, 0.6) is 28.7 Å². The Kier molecular flexibility index (Phi) is 15.6. The van der Waals surface area contributed by atoms with Crippen molar-refractivity contribution in [2.24, 2.45) is 0 Å². The van der Waals surface area contributed by atoms with Crippen LogP contribution in [0.2, 0.25) is 0 Å². The predicted octanol–water partition coefficient (Wildman–Crippen LogP) is 9.33. The quantitative estimate of drug-likeness (QED) is 0.0484. The number of esters is 2. The molecule has 0 aliphatic rings. The van der Waals surface area contributed by atoms with Gasteiger partial charge in [-0.3, -0.25) is 0 Å². The third-order valence-electron chi connectivity index (χ3n) is 6.66. The molecule has 7 heteroatoms. The minimum atomic E-state index is -0.559. The van der Waals surface area contributed by atoms with Crippen molar-refractivity contribution in [3.05, 3.63) is 116 Å². The van der Waals surface area contributed by atoms with Gasteiger partial charge in [0, 0.05) is 6.07 Å². The number of hydrogen-bond donors (Lipinski definition) is 0. The van der Waals surface area contributed by atoms with E-state index in [0.29, 0.717) is 59.7 Å². The Labute approximate surface area is 267 Å². The summed E-state index contributed by atoms with van der Waals surface area (Å²) in [6, 6.07) is 18.2. The molecule has 0 atom stereocenters. The summed E-state index contributed by atoms with van der Waals surface area (Å²) in [7, 11) is 0. The lowest BCUT2D eigenvalue weighted by Crippen LogP contribution is -2.10. The first-order valence-electron chi connectivity index (χ1n) is 15.5. The zero-order valence-electron chi connectivity index (χ0n) is 26.0. The van der Waals surface area contributed by atoms with Crippen molar-refractivity contribution >= 4 is 11.9 Å². The summed E-state index contributed by atoms with van der Waals surface area (Å²) in [6.07, 6.45) is 14.1. The van der Waals surface area contributed by atoms with Crippen molar-refractivity contribution in [2.45, 2.75) is 57.8 Å². The molecule has 45 heavy (non-hydrogen) atoms. The third kappa shape index (κ3) is 13.2. The first-order valence-corrected chi connectivity index (χ1v) is 15.5. The van der Waals surface area contributed by atoms with Crippen molar-refractivity contribution in [1.82, 2.24) is 0 Å². The van der Waals surface area contributed by atoms with Crippen molar-refractivity contribution in [3.63, 3.8) is 0 Å². The highest BCUT2D eigenvalue weighted by molar-refractivity contribution is 5.92. The zero-order chi connectivity index (χ0) is 32.1. The van der Waals surface area contributed by atoms with Gasteiger partial charge in [0.1, 0.15) is 28.7 Å². The van der Waals surface area contributed by atoms with Crippen LogP contribution in [0.1, 0.15) is 78.5 Å². The van der Waals surface area contributed by atoms with E-state index in [4.69, 9.17) is 23.7 Å². The van der Waals surface area contributed by atoms with E-state index in [-0.39, 0.29) is 0 Å². The first-order chi connectivity index (χ1) is 22.0. The summed E-state index contributed by atoms with van der Waals surface area (Å²) in [5.41, 5.74) is 0.699. The minimum absolute atomic E-state index is 0.303. The van der Waals surface area contributed by atoms with Crippen molar-refractivity contribution in [1.29, 1.82) is 0 Å². The van der Waals surface area contributed by atoms with Gasteiger partial charge in [-0.05, 0) is 118 Å². The molecule has 0 amide bonds. The highest BCUT2D eigenvalue weighted by atomic mass is 16.5. The molecule has 0 aliphatic heterocycles. The standard InChI is InChI=1S/C38H44O7/c1-4-7-10-13-24-41-32-18-16-30(17-19-32)37(39)44-33-20-22-34(23-21-33)45-38(40)31-27-35(42-25-14-11-8-5-2)29-36(28-31)43-26-15-12-9-6-3/h4-6,16-23,27-29H,1-3,7-15,24-26H2. The summed E-state index contributed by atoms with van der Waals surface area (Å²) in [4.78, 5) is 25.7. The fraction of sp³-hybridized carbons (Fsp3) is 0.316. The van der Waals surface area contributed by atoms with E-state index >= 15 is 0 Å². The van der Waals surface area contributed by atoms with Gasteiger partial charge in [0.15, 0.2) is 0 Å². The van der Waals surface area contributed by atoms with Gasteiger partial charge in [0.2, 0.25) is 0 Å². The van der Waals surface area contributed by atoms with Crippen LogP contribution in [0.25, 0.3) is 0 Å². The van der Waals surface area contributed by atoms with E-state index in [1.54, 1.807) is 66.7 Å². The molecule has 0 bridgehead atoms. The molecule has 0 aliphatic carbocycles. The lowest BCUT2D eigenvalue weighted by molar-refractivity contribution is 0.0719. The largest absolute Gasteiger partial charge is 0.494 e. The average Bonchev–Trinajstić information content (AvgIpc) is 3.05. The second kappa shape index (κ2) is 20.2. The zero-order valence-corrected chi connectivity index (χ0v) is 26.0. The molecule has 3 rings (SSSR count). The highest BCUT2D eigenvalue weighted by Gasteiger charge is 2.14. The van der Waals surface area contributed by atoms with E-state index in [1.807, 2.05) is 18.2 Å². The number of carbonyl (C=O) groups is 2. The summed E-state index contributed by atoms with van der Waals surface area (Å²) in [6.45, 7) is 12.8. The maximum absolute atomic E-state index is 13.1. The van der Waals surface area contributed by atoms with E-state index < -0.39 is 11.9 Å². The number of hydrogen-bond acceptors (Lipinski definition) is 7. The number of ether oxygens (including phenoxy) is 5. The molecule has 238 valence electrons. The Bertz CT molecular complexity index is 1320. The molecule has 0 unspecified atom stereocenters. The fourth-order valence-electron chi connectivity index (χ4n) is 4.19. The van der Waals surface area contributed by atoms with E-state index in [9.17, 15) is 9.59 Å². The molecular formula is C38H44O7. The van der Waals surface area contributed by atoms with Crippen LogP contribution in [-0.4, -0.2) is 31.8 Å². The van der Waals surface area contributed by atoms with Crippen molar-refractivity contribution in [2.75, 3.05) is 19.8 Å². The Morgan fingerprint density at radius 1 is 0.467 bits per heavy atom. The van der Waals surface area contributed by atoms with Gasteiger partial charge >= 0.3 is 11.9 Å². The highest BCUT2D eigenvalue weighted by Crippen LogP contribution is 2.26. The third-order valence-corrected chi connectivity index (χ3v) is 6.66. The van der Waals surface area contributed by atoms with E-state index in [2.05, 4.69) is 19.7 Å². The van der Waals surface area contributed by atoms with Gasteiger partial charge < -0.3 is 23.7 Å². The van der Waals surface area contributed by atoms with Gasteiger partial charge in [0.05, 0.1) is 30.9 Å². The van der Waals surface area contributed by atoms with E-state index in [1.165, 1.54) is 0 Å². The number of unbranched alkanes of at least 4 members (excludes halogenated alkanes) is 6. The Balaban J connectivity index is 1.56. The minimum Gasteiger partial charge on any atom is -0.494 e. The molecule has 0 aromatic heterocycles. The second-order valence-corrected chi connectivity index (χ2v) is 10.4.